The Morgan fingerprint density at radius 2 is 2.22 bits per heavy atom. The molecule has 0 spiro atoms. The lowest BCUT2D eigenvalue weighted by Crippen LogP contribution is -2.42. The van der Waals surface area contributed by atoms with Gasteiger partial charge in [0, 0.05) is 30.2 Å². The van der Waals surface area contributed by atoms with Crippen LogP contribution in [0.25, 0.3) is 0 Å². The average Bonchev–Trinajstić information content (AvgIpc) is 2.89. The number of carbonyl (C=O) groups is 1. The Labute approximate surface area is 134 Å². The van der Waals surface area contributed by atoms with Crippen molar-refractivity contribution in [3.8, 4) is 5.75 Å². The number of amides is 2. The number of aliphatic hydroxyl groups excluding tert-OH is 1. The minimum Gasteiger partial charge on any atom is -0.493 e. The Morgan fingerprint density at radius 1 is 1.35 bits per heavy atom. The SMILES string of the molecule is O=C(NC1CCCOc2cc(F)ccc21)N[C@@H]1C=C[C@H](CO)C1. The summed E-state index contributed by atoms with van der Waals surface area (Å²) < 4.78 is 18.9. The summed E-state index contributed by atoms with van der Waals surface area (Å²) in [7, 11) is 0. The van der Waals surface area contributed by atoms with Gasteiger partial charge >= 0.3 is 6.03 Å². The van der Waals surface area contributed by atoms with Gasteiger partial charge in [-0.3, -0.25) is 0 Å². The Hall–Kier alpha value is -2.08. The number of fused-ring (bicyclic) bond motifs is 1. The number of benzene rings is 1. The lowest BCUT2D eigenvalue weighted by Gasteiger charge is -2.20. The fourth-order valence-corrected chi connectivity index (χ4v) is 3.08. The number of halogens is 1. The first-order valence-electron chi connectivity index (χ1n) is 7.94. The van der Waals surface area contributed by atoms with Crippen molar-refractivity contribution in [1.29, 1.82) is 0 Å². The summed E-state index contributed by atoms with van der Waals surface area (Å²) in [6.07, 6.45) is 6.06. The van der Waals surface area contributed by atoms with Crippen LogP contribution in [0.5, 0.6) is 5.75 Å². The van der Waals surface area contributed by atoms with Crippen molar-refractivity contribution in [2.24, 2.45) is 5.92 Å². The third kappa shape index (κ3) is 3.82. The van der Waals surface area contributed by atoms with Crippen LogP contribution in [0.4, 0.5) is 9.18 Å². The zero-order valence-electron chi connectivity index (χ0n) is 12.8. The van der Waals surface area contributed by atoms with Gasteiger partial charge in [0.25, 0.3) is 0 Å². The van der Waals surface area contributed by atoms with E-state index in [0.717, 1.165) is 18.4 Å². The first-order valence-corrected chi connectivity index (χ1v) is 7.94. The van der Waals surface area contributed by atoms with Gasteiger partial charge in [0.05, 0.1) is 12.6 Å². The highest BCUT2D eigenvalue weighted by atomic mass is 19.1. The van der Waals surface area contributed by atoms with Crippen molar-refractivity contribution >= 4 is 6.03 Å². The maximum atomic E-state index is 13.3. The van der Waals surface area contributed by atoms with Crippen LogP contribution in [-0.2, 0) is 0 Å². The third-order valence-electron chi connectivity index (χ3n) is 4.27. The molecule has 3 rings (SSSR count). The molecule has 1 unspecified atom stereocenters. The summed E-state index contributed by atoms with van der Waals surface area (Å²) in [5.74, 6) is 0.254. The number of nitrogens with one attached hydrogen (secondary N) is 2. The topological polar surface area (TPSA) is 70.6 Å². The molecule has 0 fully saturated rings. The fourth-order valence-electron chi connectivity index (χ4n) is 3.08. The summed E-state index contributed by atoms with van der Waals surface area (Å²) in [6.45, 7) is 0.606. The van der Waals surface area contributed by atoms with Gasteiger partial charge in [0.2, 0.25) is 0 Å². The van der Waals surface area contributed by atoms with E-state index in [9.17, 15) is 9.18 Å². The second-order valence-corrected chi connectivity index (χ2v) is 6.01. The molecule has 1 aromatic carbocycles. The molecule has 3 atom stereocenters. The molecule has 1 aromatic rings. The number of hydrogen-bond acceptors (Lipinski definition) is 3. The van der Waals surface area contributed by atoms with Crippen LogP contribution in [0.3, 0.4) is 0 Å². The predicted octanol–water partition coefficient (Wildman–Crippen LogP) is 2.28. The quantitative estimate of drug-likeness (QED) is 0.748. The van der Waals surface area contributed by atoms with Crippen molar-refractivity contribution in [3.63, 3.8) is 0 Å². The number of ether oxygens (including phenoxy) is 1. The van der Waals surface area contributed by atoms with Crippen molar-refractivity contribution in [1.82, 2.24) is 10.6 Å². The van der Waals surface area contributed by atoms with E-state index in [1.54, 1.807) is 6.07 Å². The molecule has 1 aliphatic carbocycles. The molecular formula is C17H21FN2O3. The number of hydrogen-bond donors (Lipinski definition) is 3. The van der Waals surface area contributed by atoms with Gasteiger partial charge in [-0.05, 0) is 25.3 Å². The van der Waals surface area contributed by atoms with Gasteiger partial charge in [-0.1, -0.05) is 18.2 Å². The summed E-state index contributed by atoms with van der Waals surface area (Å²) in [5.41, 5.74) is 0.800. The van der Waals surface area contributed by atoms with Gasteiger partial charge in [-0.25, -0.2) is 9.18 Å². The van der Waals surface area contributed by atoms with Gasteiger partial charge < -0.3 is 20.5 Å². The van der Waals surface area contributed by atoms with E-state index in [2.05, 4.69) is 10.6 Å². The largest absolute Gasteiger partial charge is 0.493 e. The molecule has 6 heteroatoms. The van der Waals surface area contributed by atoms with Gasteiger partial charge in [0.1, 0.15) is 11.6 Å². The van der Waals surface area contributed by atoms with E-state index < -0.39 is 0 Å². The predicted molar refractivity (Wildman–Crippen MR) is 83.7 cm³/mol. The minimum absolute atomic E-state index is 0.0677. The first-order chi connectivity index (χ1) is 11.2. The Morgan fingerprint density at radius 3 is 3.00 bits per heavy atom. The lowest BCUT2D eigenvalue weighted by atomic mass is 10.0. The summed E-state index contributed by atoms with van der Waals surface area (Å²) in [5, 5.41) is 15.0. The van der Waals surface area contributed by atoms with Crippen LogP contribution >= 0.6 is 0 Å². The number of rotatable bonds is 3. The standard InChI is InChI=1S/C17H21FN2O3/c18-12-4-6-14-15(2-1-7-23-16(14)9-12)20-17(22)19-13-5-3-11(8-13)10-21/h3-6,9,11,13,15,21H,1-2,7-8,10H2,(H2,19,20,22)/t11-,13+,15?/m0/s1. The molecule has 2 amide bonds. The van der Waals surface area contributed by atoms with Crippen LogP contribution in [0.1, 0.15) is 30.9 Å². The molecule has 1 aliphatic heterocycles. The van der Waals surface area contributed by atoms with Crippen LogP contribution < -0.4 is 15.4 Å². The molecule has 23 heavy (non-hydrogen) atoms. The van der Waals surface area contributed by atoms with Gasteiger partial charge in [-0.15, -0.1) is 0 Å². The monoisotopic (exact) mass is 320 g/mol. The van der Waals surface area contributed by atoms with E-state index >= 15 is 0 Å². The molecule has 0 bridgehead atoms. The molecule has 124 valence electrons. The highest BCUT2D eigenvalue weighted by Crippen LogP contribution is 2.32. The Kier molecular flexibility index (Phi) is 4.81. The van der Waals surface area contributed by atoms with Gasteiger partial charge in [0.15, 0.2) is 0 Å². The van der Waals surface area contributed by atoms with Crippen LogP contribution in [-0.4, -0.2) is 30.4 Å². The number of carbonyl (C=O) groups excluding carboxylic acids is 1. The summed E-state index contributed by atoms with van der Waals surface area (Å²) in [4.78, 5) is 12.2. The molecular weight excluding hydrogens is 299 g/mol. The maximum absolute atomic E-state index is 13.3. The maximum Gasteiger partial charge on any atom is 0.315 e. The molecule has 0 saturated carbocycles. The smallest absolute Gasteiger partial charge is 0.315 e. The van der Waals surface area contributed by atoms with Crippen molar-refractivity contribution in [3.05, 3.63) is 41.7 Å². The summed E-state index contributed by atoms with van der Waals surface area (Å²) in [6, 6.07) is 3.87. The minimum atomic E-state index is -0.347. The van der Waals surface area contributed by atoms with E-state index in [-0.39, 0.29) is 36.5 Å². The van der Waals surface area contributed by atoms with E-state index in [1.807, 2.05) is 12.2 Å². The van der Waals surface area contributed by atoms with E-state index in [1.165, 1.54) is 12.1 Å². The lowest BCUT2D eigenvalue weighted by molar-refractivity contribution is 0.228. The zero-order chi connectivity index (χ0) is 16.2. The van der Waals surface area contributed by atoms with Gasteiger partial charge in [-0.2, -0.15) is 0 Å². The molecule has 2 aliphatic rings. The second kappa shape index (κ2) is 7.00. The molecule has 0 radical (unpaired) electrons. The highest BCUT2D eigenvalue weighted by Gasteiger charge is 2.24. The molecule has 1 heterocycles. The molecule has 5 nitrogen and oxygen atoms in total. The summed E-state index contributed by atoms with van der Waals surface area (Å²) >= 11 is 0. The Balaban J connectivity index is 1.63. The highest BCUT2D eigenvalue weighted by molar-refractivity contribution is 5.75. The number of urea groups is 1. The van der Waals surface area contributed by atoms with Crippen molar-refractivity contribution in [2.45, 2.75) is 31.3 Å². The normalized spacial score (nSPS) is 26.1. The van der Waals surface area contributed by atoms with Crippen LogP contribution in [0.2, 0.25) is 0 Å². The molecule has 3 N–H and O–H groups in total. The third-order valence-corrected chi connectivity index (χ3v) is 4.27. The second-order valence-electron chi connectivity index (χ2n) is 6.01. The van der Waals surface area contributed by atoms with Crippen LogP contribution in [0.15, 0.2) is 30.4 Å². The number of aliphatic hydroxyl groups is 1. The van der Waals surface area contributed by atoms with Crippen LogP contribution in [0, 0.1) is 11.7 Å². The van der Waals surface area contributed by atoms with Crippen molar-refractivity contribution in [2.75, 3.05) is 13.2 Å². The van der Waals surface area contributed by atoms with E-state index in [0.29, 0.717) is 18.8 Å². The average molecular weight is 320 g/mol. The van der Waals surface area contributed by atoms with E-state index in [4.69, 9.17) is 9.84 Å². The molecule has 0 saturated heterocycles. The molecule has 0 aromatic heterocycles. The van der Waals surface area contributed by atoms with Crippen molar-refractivity contribution < 1.29 is 19.0 Å². The Bertz CT molecular complexity index is 606. The fraction of sp³-hybridized carbons (Fsp3) is 0.471. The zero-order valence-corrected chi connectivity index (χ0v) is 12.8. The first kappa shape index (κ1) is 15.8.